The van der Waals surface area contributed by atoms with Gasteiger partial charge in [-0.1, -0.05) is 30.1 Å². The third-order valence-electron chi connectivity index (χ3n) is 7.24. The molecule has 2 fully saturated rings. The van der Waals surface area contributed by atoms with Gasteiger partial charge in [0.15, 0.2) is 22.5 Å². The van der Waals surface area contributed by atoms with Crippen molar-refractivity contribution in [3.63, 3.8) is 0 Å². The second-order valence-corrected chi connectivity index (χ2v) is 10.2. The van der Waals surface area contributed by atoms with Crippen molar-refractivity contribution in [3.8, 4) is 0 Å². The van der Waals surface area contributed by atoms with Crippen LogP contribution in [-0.4, -0.2) is 83.4 Å². The number of nitrogen functional groups attached to an aromatic ring is 1. The van der Waals surface area contributed by atoms with Crippen LogP contribution in [0, 0.1) is 6.92 Å². The van der Waals surface area contributed by atoms with Crippen molar-refractivity contribution in [2.24, 2.45) is 0 Å². The number of nitrogens with zero attached hydrogens (tertiary/aromatic N) is 5. The quantitative estimate of drug-likeness (QED) is 0.607. The van der Waals surface area contributed by atoms with Crippen molar-refractivity contribution in [1.29, 1.82) is 0 Å². The van der Waals surface area contributed by atoms with E-state index < -0.39 is 5.91 Å². The summed E-state index contributed by atoms with van der Waals surface area (Å²) in [5, 5.41) is 3.32. The van der Waals surface area contributed by atoms with Crippen LogP contribution in [-0.2, 0) is 0 Å². The lowest BCUT2D eigenvalue weighted by molar-refractivity contribution is 0.0490. The van der Waals surface area contributed by atoms with E-state index >= 15 is 0 Å². The van der Waals surface area contributed by atoms with Crippen molar-refractivity contribution < 1.29 is 9.59 Å². The van der Waals surface area contributed by atoms with E-state index in [1.165, 1.54) is 7.05 Å². The summed E-state index contributed by atoms with van der Waals surface area (Å²) in [4.78, 5) is 40.3. The summed E-state index contributed by atoms with van der Waals surface area (Å²) >= 11 is 12.5. The zero-order valence-electron chi connectivity index (χ0n) is 20.9. The molecule has 1 aromatic heterocycles. The average molecular weight is 534 g/mol. The molecular weight excluding hydrogens is 501 g/mol. The SMILES string of the molecule is CC[C@H]1CN(c2nc(N)c(C(=O)NC)nc2Cl)CCN1C1CCN(C(=O)c2ccc(Cl)cc2C)CC1. The number of rotatable bonds is 5. The van der Waals surface area contributed by atoms with Gasteiger partial charge in [-0.3, -0.25) is 14.5 Å². The predicted octanol–water partition coefficient (Wildman–Crippen LogP) is 3.24. The van der Waals surface area contributed by atoms with E-state index in [1.807, 2.05) is 24.0 Å². The number of amides is 2. The van der Waals surface area contributed by atoms with Crippen LogP contribution in [0.2, 0.25) is 10.2 Å². The first-order valence-corrected chi connectivity index (χ1v) is 13.1. The van der Waals surface area contributed by atoms with Crippen molar-refractivity contribution >= 4 is 46.7 Å². The Kier molecular flexibility index (Phi) is 8.22. The van der Waals surface area contributed by atoms with Crippen LogP contribution in [0.5, 0.6) is 0 Å². The van der Waals surface area contributed by atoms with E-state index in [1.54, 1.807) is 6.07 Å². The first-order chi connectivity index (χ1) is 17.2. The number of aryl methyl sites for hydroxylation is 1. The van der Waals surface area contributed by atoms with E-state index in [2.05, 4.69) is 32.0 Å². The van der Waals surface area contributed by atoms with Crippen LogP contribution in [0.25, 0.3) is 0 Å². The number of piperidine rings is 1. The highest BCUT2D eigenvalue weighted by Gasteiger charge is 2.35. The summed E-state index contributed by atoms with van der Waals surface area (Å²) in [5.74, 6) is 0.238. The number of carbonyl (C=O) groups excluding carboxylic acids is 2. The number of nitrogens with one attached hydrogen (secondary N) is 1. The summed E-state index contributed by atoms with van der Waals surface area (Å²) in [6.45, 7) is 7.89. The minimum Gasteiger partial charge on any atom is -0.382 e. The largest absolute Gasteiger partial charge is 0.382 e. The van der Waals surface area contributed by atoms with Gasteiger partial charge in [0, 0.05) is 62.4 Å². The Morgan fingerprint density at radius 2 is 1.86 bits per heavy atom. The number of benzene rings is 1. The highest BCUT2D eigenvalue weighted by atomic mass is 35.5. The lowest BCUT2D eigenvalue weighted by Gasteiger charge is -2.47. The molecule has 4 rings (SSSR count). The van der Waals surface area contributed by atoms with Gasteiger partial charge in [0.05, 0.1) is 0 Å². The van der Waals surface area contributed by atoms with Crippen molar-refractivity contribution in [3.05, 3.63) is 45.2 Å². The first-order valence-electron chi connectivity index (χ1n) is 12.3. The number of likely N-dealkylation sites (tertiary alicyclic amines) is 1. The molecule has 0 bridgehead atoms. The predicted molar refractivity (Wildman–Crippen MR) is 143 cm³/mol. The summed E-state index contributed by atoms with van der Waals surface area (Å²) < 4.78 is 0. The average Bonchev–Trinajstić information content (AvgIpc) is 2.88. The maximum Gasteiger partial charge on any atom is 0.273 e. The number of hydrogen-bond acceptors (Lipinski definition) is 7. The molecule has 2 amide bonds. The molecule has 0 unspecified atom stereocenters. The van der Waals surface area contributed by atoms with Crippen LogP contribution < -0.4 is 16.0 Å². The third kappa shape index (κ3) is 5.38. The van der Waals surface area contributed by atoms with Gasteiger partial charge in [0.2, 0.25) is 0 Å². The molecule has 1 aromatic carbocycles. The number of nitrogens with two attached hydrogens (primary N) is 1. The van der Waals surface area contributed by atoms with Gasteiger partial charge in [0.1, 0.15) is 0 Å². The molecule has 0 radical (unpaired) electrons. The highest BCUT2D eigenvalue weighted by Crippen LogP contribution is 2.30. The summed E-state index contributed by atoms with van der Waals surface area (Å²) in [5.41, 5.74) is 7.67. The Balaban J connectivity index is 1.40. The van der Waals surface area contributed by atoms with Gasteiger partial charge < -0.3 is 20.9 Å². The molecule has 36 heavy (non-hydrogen) atoms. The molecule has 3 N–H and O–H groups in total. The van der Waals surface area contributed by atoms with Gasteiger partial charge >= 0.3 is 0 Å². The van der Waals surface area contributed by atoms with Crippen LogP contribution >= 0.6 is 23.2 Å². The first kappa shape index (κ1) is 26.4. The van der Waals surface area contributed by atoms with Crippen LogP contribution in [0.4, 0.5) is 11.6 Å². The second-order valence-electron chi connectivity index (χ2n) is 9.38. The van der Waals surface area contributed by atoms with Gasteiger partial charge in [0.25, 0.3) is 11.8 Å². The number of carbonyl (C=O) groups is 2. The Hall–Kier alpha value is -2.62. The molecular formula is C25H33Cl2N7O2. The maximum absolute atomic E-state index is 13.1. The third-order valence-corrected chi connectivity index (χ3v) is 7.73. The fourth-order valence-electron chi connectivity index (χ4n) is 5.25. The minimum atomic E-state index is -0.416. The molecule has 1 atom stereocenters. The van der Waals surface area contributed by atoms with Gasteiger partial charge in [-0.25, -0.2) is 9.97 Å². The van der Waals surface area contributed by atoms with Crippen molar-refractivity contribution in [2.75, 3.05) is 50.4 Å². The Morgan fingerprint density at radius 3 is 2.50 bits per heavy atom. The van der Waals surface area contributed by atoms with E-state index in [4.69, 9.17) is 28.9 Å². The molecule has 11 heteroatoms. The summed E-state index contributed by atoms with van der Waals surface area (Å²) in [7, 11) is 1.51. The fourth-order valence-corrected chi connectivity index (χ4v) is 5.72. The molecule has 0 spiro atoms. The van der Waals surface area contributed by atoms with Crippen LogP contribution in [0.3, 0.4) is 0 Å². The van der Waals surface area contributed by atoms with E-state index in [9.17, 15) is 9.59 Å². The van der Waals surface area contributed by atoms with Crippen molar-refractivity contribution in [2.45, 2.75) is 45.2 Å². The molecule has 194 valence electrons. The van der Waals surface area contributed by atoms with Crippen LogP contribution in [0.15, 0.2) is 18.2 Å². The normalized spacial score (nSPS) is 19.4. The maximum atomic E-state index is 13.1. The Bertz CT molecular complexity index is 1140. The Morgan fingerprint density at radius 1 is 1.14 bits per heavy atom. The number of halogens is 2. The molecule has 0 saturated carbocycles. The molecule has 2 saturated heterocycles. The highest BCUT2D eigenvalue weighted by molar-refractivity contribution is 6.32. The number of piperazine rings is 1. The number of anilines is 2. The van der Waals surface area contributed by atoms with Gasteiger partial charge in [-0.2, -0.15) is 0 Å². The molecule has 0 aliphatic carbocycles. The minimum absolute atomic E-state index is 0.0343. The van der Waals surface area contributed by atoms with E-state index in [0.29, 0.717) is 22.9 Å². The van der Waals surface area contributed by atoms with E-state index in [0.717, 1.165) is 63.1 Å². The van der Waals surface area contributed by atoms with Crippen LogP contribution in [0.1, 0.15) is 52.6 Å². The Labute approximate surface area is 221 Å². The smallest absolute Gasteiger partial charge is 0.273 e. The van der Waals surface area contributed by atoms with E-state index in [-0.39, 0.29) is 22.6 Å². The number of hydrogen-bond donors (Lipinski definition) is 2. The molecule has 9 nitrogen and oxygen atoms in total. The number of aromatic nitrogens is 2. The summed E-state index contributed by atoms with van der Waals surface area (Å²) in [6, 6.07) is 6.15. The fraction of sp³-hybridized carbons (Fsp3) is 0.520. The molecule has 2 aliphatic heterocycles. The van der Waals surface area contributed by atoms with Gasteiger partial charge in [-0.05, 0) is 49.9 Å². The monoisotopic (exact) mass is 533 g/mol. The topological polar surface area (TPSA) is 108 Å². The summed E-state index contributed by atoms with van der Waals surface area (Å²) in [6.07, 6.45) is 2.84. The second kappa shape index (κ2) is 11.2. The zero-order chi connectivity index (χ0) is 26.0. The zero-order valence-corrected chi connectivity index (χ0v) is 22.4. The standard InChI is InChI=1S/C25H33Cl2N7O2/c1-4-17-14-33(23-21(27)30-20(22(28)31-23)24(35)29-3)11-12-34(17)18-7-9-32(10-8-18)25(36)19-6-5-16(26)13-15(19)2/h5-6,13,17-18H,4,7-12,14H2,1-3H3,(H2,28,31)(H,29,35)/t17-/m0/s1. The molecule has 3 heterocycles. The van der Waals surface area contributed by atoms with Gasteiger partial charge in [-0.15, -0.1) is 0 Å². The molecule has 2 aromatic rings. The lowest BCUT2D eigenvalue weighted by Crippen LogP contribution is -2.58. The molecule has 2 aliphatic rings. The lowest BCUT2D eigenvalue weighted by atomic mass is 9.97. The van der Waals surface area contributed by atoms with Crippen molar-refractivity contribution in [1.82, 2.24) is 25.1 Å².